The molecule has 0 radical (unpaired) electrons. The Kier molecular flexibility index (Phi) is 10.3. The SMILES string of the molecule is CC(CCBr)NC(=O)OC(C)(C)C.O=C=O. The quantitative estimate of drug-likeness (QED) is 0.809. The van der Waals surface area contributed by atoms with Gasteiger partial charge in [-0.1, -0.05) is 15.9 Å². The van der Waals surface area contributed by atoms with Crippen LogP contribution in [0.3, 0.4) is 0 Å². The van der Waals surface area contributed by atoms with E-state index in [1.165, 1.54) is 0 Å². The highest BCUT2D eigenvalue weighted by Gasteiger charge is 2.17. The maximum atomic E-state index is 11.2. The zero-order chi connectivity index (χ0) is 13.2. The van der Waals surface area contributed by atoms with Crippen molar-refractivity contribution < 1.29 is 19.1 Å². The molecule has 1 amide bonds. The Morgan fingerprint density at radius 1 is 1.44 bits per heavy atom. The summed E-state index contributed by atoms with van der Waals surface area (Å²) in [6.45, 7) is 7.50. The van der Waals surface area contributed by atoms with E-state index in [2.05, 4.69) is 21.2 Å². The molecule has 1 atom stereocenters. The van der Waals surface area contributed by atoms with Crippen molar-refractivity contribution in [3.05, 3.63) is 0 Å². The van der Waals surface area contributed by atoms with E-state index < -0.39 is 5.60 Å². The van der Waals surface area contributed by atoms with E-state index in [4.69, 9.17) is 14.3 Å². The van der Waals surface area contributed by atoms with Crippen molar-refractivity contribution in [3.8, 4) is 0 Å². The van der Waals surface area contributed by atoms with Crippen molar-refractivity contribution in [1.29, 1.82) is 0 Å². The van der Waals surface area contributed by atoms with Gasteiger partial charge in [-0.3, -0.25) is 0 Å². The Hall–Kier alpha value is -0.870. The highest BCUT2D eigenvalue weighted by molar-refractivity contribution is 9.09. The Labute approximate surface area is 104 Å². The van der Waals surface area contributed by atoms with E-state index in [-0.39, 0.29) is 18.3 Å². The van der Waals surface area contributed by atoms with Crippen LogP contribution in [0.15, 0.2) is 0 Å². The van der Waals surface area contributed by atoms with Gasteiger partial charge in [-0.2, -0.15) is 9.59 Å². The van der Waals surface area contributed by atoms with E-state index >= 15 is 0 Å². The molecule has 0 rings (SSSR count). The van der Waals surface area contributed by atoms with Gasteiger partial charge in [-0.15, -0.1) is 0 Å². The molecular formula is C10H18BrNO4. The fourth-order valence-corrected chi connectivity index (χ4v) is 1.43. The van der Waals surface area contributed by atoms with Crippen molar-refractivity contribution in [2.24, 2.45) is 0 Å². The van der Waals surface area contributed by atoms with Gasteiger partial charge in [-0.25, -0.2) is 4.79 Å². The van der Waals surface area contributed by atoms with Crippen LogP contribution in [0.4, 0.5) is 4.79 Å². The molecule has 0 aliphatic carbocycles. The number of hydrogen-bond acceptors (Lipinski definition) is 4. The maximum Gasteiger partial charge on any atom is 0.407 e. The van der Waals surface area contributed by atoms with Crippen LogP contribution >= 0.6 is 15.9 Å². The van der Waals surface area contributed by atoms with Crippen molar-refractivity contribution in [3.63, 3.8) is 0 Å². The van der Waals surface area contributed by atoms with Crippen molar-refractivity contribution in [1.82, 2.24) is 5.32 Å². The Balaban J connectivity index is 0. The number of alkyl halides is 1. The highest BCUT2D eigenvalue weighted by Crippen LogP contribution is 2.07. The van der Waals surface area contributed by atoms with Gasteiger partial charge >= 0.3 is 12.2 Å². The van der Waals surface area contributed by atoms with Crippen LogP contribution in [0.5, 0.6) is 0 Å². The second-order valence-corrected chi connectivity index (χ2v) is 4.90. The van der Waals surface area contributed by atoms with Gasteiger partial charge in [0.1, 0.15) is 5.60 Å². The number of carbonyl (C=O) groups is 1. The predicted octanol–water partition coefficient (Wildman–Crippen LogP) is 2.10. The first-order chi connectivity index (χ1) is 7.26. The van der Waals surface area contributed by atoms with Crippen LogP contribution in [-0.2, 0) is 14.3 Å². The average molecular weight is 296 g/mol. The van der Waals surface area contributed by atoms with Crippen LogP contribution in [0.2, 0.25) is 0 Å². The first-order valence-electron chi connectivity index (χ1n) is 4.81. The fourth-order valence-electron chi connectivity index (χ4n) is 0.745. The summed E-state index contributed by atoms with van der Waals surface area (Å²) in [4.78, 5) is 27.4. The zero-order valence-electron chi connectivity index (χ0n) is 10.0. The molecule has 5 nitrogen and oxygen atoms in total. The highest BCUT2D eigenvalue weighted by atomic mass is 79.9. The van der Waals surface area contributed by atoms with Crippen LogP contribution in [0, 0.1) is 0 Å². The lowest BCUT2D eigenvalue weighted by Crippen LogP contribution is -2.37. The summed E-state index contributed by atoms with van der Waals surface area (Å²) in [6, 6.07) is 0.147. The normalized spacial score (nSPS) is 11.6. The summed E-state index contributed by atoms with van der Waals surface area (Å²) in [6.07, 6.45) is 0.806. The Morgan fingerprint density at radius 2 is 1.88 bits per heavy atom. The van der Waals surface area contributed by atoms with Crippen LogP contribution in [0.25, 0.3) is 0 Å². The molecule has 1 N–H and O–H groups in total. The molecule has 0 bridgehead atoms. The molecule has 0 aliphatic rings. The number of halogens is 1. The Morgan fingerprint density at radius 3 is 2.19 bits per heavy atom. The molecule has 0 heterocycles. The molecule has 6 heteroatoms. The lowest BCUT2D eigenvalue weighted by Gasteiger charge is -2.21. The number of hydrogen-bond donors (Lipinski definition) is 1. The first-order valence-corrected chi connectivity index (χ1v) is 5.93. The molecular weight excluding hydrogens is 278 g/mol. The second-order valence-electron chi connectivity index (χ2n) is 4.11. The van der Waals surface area contributed by atoms with Crippen molar-refractivity contribution in [2.45, 2.75) is 45.8 Å². The van der Waals surface area contributed by atoms with Crippen LogP contribution in [0.1, 0.15) is 34.1 Å². The van der Waals surface area contributed by atoms with E-state index in [9.17, 15) is 4.79 Å². The summed E-state index contributed by atoms with van der Waals surface area (Å²) < 4.78 is 5.09. The smallest absolute Gasteiger partial charge is 0.407 e. The lowest BCUT2D eigenvalue weighted by atomic mass is 10.2. The largest absolute Gasteiger partial charge is 0.444 e. The Bertz CT molecular complexity index is 231. The minimum Gasteiger partial charge on any atom is -0.444 e. The minimum atomic E-state index is -0.418. The van der Waals surface area contributed by atoms with Gasteiger partial charge in [0, 0.05) is 11.4 Å². The van der Waals surface area contributed by atoms with E-state index in [0.29, 0.717) is 0 Å². The average Bonchev–Trinajstić information content (AvgIpc) is 2.00. The number of carbonyl (C=O) groups excluding carboxylic acids is 3. The molecule has 94 valence electrons. The predicted molar refractivity (Wildman–Crippen MR) is 62.2 cm³/mol. The second kappa shape index (κ2) is 9.36. The van der Waals surface area contributed by atoms with E-state index in [0.717, 1.165) is 11.8 Å². The van der Waals surface area contributed by atoms with Gasteiger partial charge in [0.25, 0.3) is 0 Å². The van der Waals surface area contributed by atoms with Crippen molar-refractivity contribution >= 4 is 28.2 Å². The van der Waals surface area contributed by atoms with Gasteiger partial charge in [0.2, 0.25) is 0 Å². The van der Waals surface area contributed by atoms with Crippen LogP contribution in [-0.4, -0.2) is 29.2 Å². The molecule has 0 aromatic carbocycles. The standard InChI is InChI=1S/C9H18BrNO2.CO2/c1-7(5-6-10)11-8(12)13-9(2,3)4;2-1-3/h7H,5-6H2,1-4H3,(H,11,12);. The molecule has 0 saturated heterocycles. The number of alkyl carbamates (subject to hydrolysis) is 1. The molecule has 0 spiro atoms. The number of nitrogens with one attached hydrogen (secondary N) is 1. The lowest BCUT2D eigenvalue weighted by molar-refractivity contribution is -0.191. The van der Waals surface area contributed by atoms with Gasteiger partial charge < -0.3 is 10.1 Å². The molecule has 16 heavy (non-hydrogen) atoms. The summed E-state index contributed by atoms with van der Waals surface area (Å²) in [5.41, 5.74) is -0.418. The minimum absolute atomic E-state index is 0.147. The monoisotopic (exact) mass is 295 g/mol. The maximum absolute atomic E-state index is 11.2. The third kappa shape index (κ3) is 15.6. The summed E-state index contributed by atoms with van der Waals surface area (Å²) in [5.74, 6) is 0. The third-order valence-corrected chi connectivity index (χ3v) is 1.76. The molecule has 0 aromatic heterocycles. The van der Waals surface area contributed by atoms with Gasteiger partial charge in [-0.05, 0) is 34.1 Å². The van der Waals surface area contributed by atoms with E-state index in [1.54, 1.807) is 0 Å². The molecule has 0 aliphatic heterocycles. The summed E-state index contributed by atoms with van der Waals surface area (Å²) >= 11 is 3.31. The van der Waals surface area contributed by atoms with E-state index in [1.807, 2.05) is 27.7 Å². The van der Waals surface area contributed by atoms with Crippen LogP contribution < -0.4 is 5.32 Å². The molecule has 0 aromatic rings. The van der Waals surface area contributed by atoms with Gasteiger partial charge in [0.05, 0.1) is 0 Å². The topological polar surface area (TPSA) is 72.5 Å². The molecule has 0 saturated carbocycles. The molecule has 1 unspecified atom stereocenters. The number of amides is 1. The molecule has 0 fully saturated rings. The third-order valence-electron chi connectivity index (χ3n) is 1.31. The number of rotatable bonds is 3. The van der Waals surface area contributed by atoms with Gasteiger partial charge in [0.15, 0.2) is 0 Å². The summed E-state index contributed by atoms with van der Waals surface area (Å²) in [5, 5.41) is 3.63. The zero-order valence-corrected chi connectivity index (χ0v) is 11.6. The number of ether oxygens (including phenoxy) is 1. The first kappa shape index (κ1) is 17.5. The van der Waals surface area contributed by atoms with Crippen molar-refractivity contribution in [2.75, 3.05) is 5.33 Å². The summed E-state index contributed by atoms with van der Waals surface area (Å²) in [7, 11) is 0. The fraction of sp³-hybridized carbons (Fsp3) is 0.800.